The topological polar surface area (TPSA) is 46.2 Å². The minimum Gasteiger partial charge on any atom is -0.310 e. The highest BCUT2D eigenvalue weighted by atomic mass is 32.2. The first-order valence-electron chi connectivity index (χ1n) is 5.86. The summed E-state index contributed by atoms with van der Waals surface area (Å²) >= 11 is 0. The molecule has 0 atom stereocenters. The van der Waals surface area contributed by atoms with Crippen molar-refractivity contribution in [1.82, 2.24) is 5.32 Å². The van der Waals surface area contributed by atoms with Gasteiger partial charge in [0.25, 0.3) is 0 Å². The summed E-state index contributed by atoms with van der Waals surface area (Å²) in [4.78, 5) is 0.463. The maximum Gasteiger partial charge on any atom is 0.200 e. The van der Waals surface area contributed by atoms with Crippen LogP contribution in [0, 0.1) is 6.92 Å². The van der Waals surface area contributed by atoms with Gasteiger partial charge >= 0.3 is 0 Å². The van der Waals surface area contributed by atoms with E-state index in [0.29, 0.717) is 17.5 Å². The maximum absolute atomic E-state index is 12.0. The fourth-order valence-corrected chi connectivity index (χ4v) is 3.69. The minimum absolute atomic E-state index is 0.463. The summed E-state index contributed by atoms with van der Waals surface area (Å²) in [6.45, 7) is 2.57. The molecule has 0 amide bonds. The number of nitrogens with one attached hydrogen (secondary N) is 1. The predicted molar refractivity (Wildman–Crippen MR) is 67.4 cm³/mol. The van der Waals surface area contributed by atoms with Gasteiger partial charge in [0.05, 0.1) is 4.90 Å². The van der Waals surface area contributed by atoms with Crippen LogP contribution in [0.15, 0.2) is 28.5 Å². The molecule has 1 aliphatic carbocycles. The second kappa shape index (κ2) is 3.68. The molecule has 0 saturated heterocycles. The molecule has 0 aromatic heterocycles. The first kappa shape index (κ1) is 11.0. The van der Waals surface area contributed by atoms with E-state index in [0.717, 1.165) is 16.7 Å². The normalized spacial score (nSPS) is 21.1. The zero-order chi connectivity index (χ0) is 12.0. The molecule has 1 saturated carbocycles. The van der Waals surface area contributed by atoms with Crippen LogP contribution in [0.5, 0.6) is 0 Å². The van der Waals surface area contributed by atoms with Gasteiger partial charge in [0.15, 0.2) is 0 Å². The third-order valence-corrected chi connectivity index (χ3v) is 4.79. The lowest BCUT2D eigenvalue weighted by Crippen LogP contribution is -2.18. The van der Waals surface area contributed by atoms with Crippen molar-refractivity contribution < 1.29 is 8.42 Å². The average molecular weight is 249 g/mol. The molecule has 1 aromatic rings. The molecule has 0 bridgehead atoms. The van der Waals surface area contributed by atoms with E-state index in [1.165, 1.54) is 18.2 Å². The Morgan fingerprint density at radius 1 is 1.35 bits per heavy atom. The van der Waals surface area contributed by atoms with Crippen molar-refractivity contribution in [3.8, 4) is 0 Å². The van der Waals surface area contributed by atoms with Gasteiger partial charge in [-0.25, -0.2) is 8.42 Å². The highest BCUT2D eigenvalue weighted by molar-refractivity contribution is 7.95. The first-order chi connectivity index (χ1) is 8.06. The van der Waals surface area contributed by atoms with E-state index in [2.05, 4.69) is 5.32 Å². The molecule has 4 heteroatoms. The van der Waals surface area contributed by atoms with Gasteiger partial charge in [-0.05, 0) is 42.5 Å². The first-order valence-corrected chi connectivity index (χ1v) is 7.41. The molecular weight excluding hydrogens is 234 g/mol. The van der Waals surface area contributed by atoms with Crippen LogP contribution in [0.25, 0.3) is 5.57 Å². The van der Waals surface area contributed by atoms with Crippen LogP contribution in [-0.4, -0.2) is 21.0 Å². The summed E-state index contributed by atoms with van der Waals surface area (Å²) in [6, 6.07) is 6.22. The lowest BCUT2D eigenvalue weighted by Gasteiger charge is -2.06. The predicted octanol–water partition coefficient (Wildman–Crippen LogP) is 1.88. The zero-order valence-electron chi connectivity index (χ0n) is 9.73. The standard InChI is InChI=1S/C13H15NO2S/c1-9-2-5-12-10(7-14-11-3-4-11)8-17(15,16)13(12)6-9/h2,5-6,8,11,14H,3-4,7H2,1H3. The summed E-state index contributed by atoms with van der Waals surface area (Å²) in [6.07, 6.45) is 2.42. The van der Waals surface area contributed by atoms with Gasteiger partial charge in [0, 0.05) is 18.0 Å². The Balaban J connectivity index is 1.96. The Labute approximate surface area is 101 Å². The largest absolute Gasteiger partial charge is 0.310 e. The summed E-state index contributed by atoms with van der Waals surface area (Å²) in [5.41, 5.74) is 2.74. The van der Waals surface area contributed by atoms with Gasteiger partial charge in [0.1, 0.15) is 0 Å². The fraction of sp³-hybridized carbons (Fsp3) is 0.385. The van der Waals surface area contributed by atoms with Crippen LogP contribution >= 0.6 is 0 Å². The number of fused-ring (bicyclic) bond motifs is 1. The zero-order valence-corrected chi connectivity index (χ0v) is 10.5. The Morgan fingerprint density at radius 3 is 2.82 bits per heavy atom. The number of benzene rings is 1. The van der Waals surface area contributed by atoms with Crippen molar-refractivity contribution in [2.45, 2.75) is 30.7 Å². The van der Waals surface area contributed by atoms with Gasteiger partial charge in [-0.3, -0.25) is 0 Å². The molecule has 1 aliphatic heterocycles. The molecule has 3 nitrogen and oxygen atoms in total. The van der Waals surface area contributed by atoms with Gasteiger partial charge in [-0.15, -0.1) is 0 Å². The van der Waals surface area contributed by atoms with Crippen molar-refractivity contribution >= 4 is 15.4 Å². The third kappa shape index (κ3) is 2.03. The molecule has 1 fully saturated rings. The quantitative estimate of drug-likeness (QED) is 0.889. The SMILES string of the molecule is Cc1ccc2c(c1)S(=O)(=O)C=C2CNC1CC1. The number of aryl methyl sites for hydroxylation is 1. The smallest absolute Gasteiger partial charge is 0.200 e. The number of rotatable bonds is 3. The van der Waals surface area contributed by atoms with Crippen LogP contribution in [0.2, 0.25) is 0 Å². The van der Waals surface area contributed by atoms with E-state index in [9.17, 15) is 8.42 Å². The molecule has 90 valence electrons. The maximum atomic E-state index is 12.0. The van der Waals surface area contributed by atoms with Crippen molar-refractivity contribution in [2.75, 3.05) is 6.54 Å². The Bertz CT molecular complexity index is 598. The van der Waals surface area contributed by atoms with Crippen LogP contribution < -0.4 is 5.32 Å². The van der Waals surface area contributed by atoms with Gasteiger partial charge < -0.3 is 5.32 Å². The molecule has 1 N–H and O–H groups in total. The molecule has 3 rings (SSSR count). The summed E-state index contributed by atoms with van der Waals surface area (Å²) in [5, 5.41) is 4.77. The van der Waals surface area contributed by atoms with Gasteiger partial charge in [0.2, 0.25) is 9.84 Å². The molecule has 1 aromatic carbocycles. The van der Waals surface area contributed by atoms with E-state index < -0.39 is 9.84 Å². The van der Waals surface area contributed by atoms with Crippen molar-refractivity contribution in [2.24, 2.45) is 0 Å². The van der Waals surface area contributed by atoms with Crippen LogP contribution in [-0.2, 0) is 9.84 Å². The molecule has 0 spiro atoms. The molecular formula is C13H15NO2S. The van der Waals surface area contributed by atoms with E-state index >= 15 is 0 Å². The van der Waals surface area contributed by atoms with Crippen LogP contribution in [0.1, 0.15) is 24.0 Å². The van der Waals surface area contributed by atoms with E-state index in [4.69, 9.17) is 0 Å². The van der Waals surface area contributed by atoms with Gasteiger partial charge in [-0.1, -0.05) is 12.1 Å². The molecule has 1 heterocycles. The lowest BCUT2D eigenvalue weighted by atomic mass is 10.1. The minimum atomic E-state index is -3.21. The molecule has 17 heavy (non-hydrogen) atoms. The fourth-order valence-electron chi connectivity index (χ4n) is 2.12. The Morgan fingerprint density at radius 2 is 2.12 bits per heavy atom. The second-order valence-corrected chi connectivity index (χ2v) is 6.61. The summed E-state index contributed by atoms with van der Waals surface area (Å²) in [7, 11) is -3.21. The van der Waals surface area contributed by atoms with Crippen LogP contribution in [0.3, 0.4) is 0 Å². The number of hydrogen-bond acceptors (Lipinski definition) is 3. The summed E-state index contributed by atoms with van der Waals surface area (Å²) < 4.78 is 23.9. The number of hydrogen-bond donors (Lipinski definition) is 1. The Kier molecular flexibility index (Phi) is 2.38. The van der Waals surface area contributed by atoms with E-state index in [-0.39, 0.29) is 0 Å². The van der Waals surface area contributed by atoms with Crippen molar-refractivity contribution in [1.29, 1.82) is 0 Å². The number of sulfone groups is 1. The van der Waals surface area contributed by atoms with Crippen LogP contribution in [0.4, 0.5) is 0 Å². The summed E-state index contributed by atoms with van der Waals surface area (Å²) in [5.74, 6) is 0. The average Bonchev–Trinajstić information content (AvgIpc) is 3.04. The van der Waals surface area contributed by atoms with E-state index in [1.807, 2.05) is 19.1 Å². The van der Waals surface area contributed by atoms with Gasteiger partial charge in [-0.2, -0.15) is 0 Å². The van der Waals surface area contributed by atoms with E-state index in [1.54, 1.807) is 6.07 Å². The van der Waals surface area contributed by atoms with Crippen molar-refractivity contribution in [3.63, 3.8) is 0 Å². The molecule has 2 aliphatic rings. The highest BCUT2D eigenvalue weighted by Gasteiger charge is 2.28. The molecule has 0 unspecified atom stereocenters. The lowest BCUT2D eigenvalue weighted by molar-refractivity contribution is 0.605. The molecule has 0 radical (unpaired) electrons. The monoisotopic (exact) mass is 249 g/mol. The third-order valence-electron chi connectivity index (χ3n) is 3.25. The van der Waals surface area contributed by atoms with Crippen molar-refractivity contribution in [3.05, 3.63) is 34.7 Å². The highest BCUT2D eigenvalue weighted by Crippen LogP contribution is 2.34. The Hall–Kier alpha value is -1.13. The second-order valence-electron chi connectivity index (χ2n) is 4.84.